The molecule has 0 spiro atoms. The molecule has 0 saturated carbocycles. The van der Waals surface area contributed by atoms with E-state index in [1.54, 1.807) is 51.7 Å². The van der Waals surface area contributed by atoms with E-state index in [1.165, 1.54) is 17.3 Å². The largest absolute Gasteiger partial charge is 0.497 e. The fourth-order valence-electron chi connectivity index (χ4n) is 4.77. The molecule has 10 nitrogen and oxygen atoms in total. The first kappa shape index (κ1) is 27.8. The fourth-order valence-corrected chi connectivity index (χ4v) is 4.77. The quantitative estimate of drug-likeness (QED) is 0.177. The molecule has 0 fully saturated rings. The summed E-state index contributed by atoms with van der Waals surface area (Å²) in [6.07, 6.45) is -0.0341. The van der Waals surface area contributed by atoms with Crippen LogP contribution in [0.5, 0.6) is 23.0 Å². The van der Waals surface area contributed by atoms with Gasteiger partial charge in [0.1, 0.15) is 41.7 Å². The molecule has 3 aromatic heterocycles. The lowest BCUT2D eigenvalue weighted by Crippen LogP contribution is -2.05. The maximum absolute atomic E-state index is 14.4. The van der Waals surface area contributed by atoms with Gasteiger partial charge in [-0.05, 0) is 42.0 Å². The molecule has 0 radical (unpaired) electrons. The average Bonchev–Trinajstić information content (AvgIpc) is 3.68. The number of methoxy groups -OCH3 is 3. The van der Waals surface area contributed by atoms with Gasteiger partial charge in [0, 0.05) is 29.6 Å². The Balaban J connectivity index is 1.36. The van der Waals surface area contributed by atoms with Crippen LogP contribution in [0, 0.1) is 0 Å². The van der Waals surface area contributed by atoms with Crippen LogP contribution in [0.25, 0.3) is 27.7 Å². The highest BCUT2D eigenvalue weighted by molar-refractivity contribution is 5.92. The molecule has 6 aromatic rings. The zero-order valence-electron chi connectivity index (χ0n) is 23.5. The standard InChI is InChI=1S/C31H27F2N5O5/c1-39-22-7-4-18(5-8-22)16-43-25-13-21(12-19-10-11-42-28(19)25)38-31-26(27(37-38)29(32)33)30(35-17-36-31)34-15-20-6-9-23(40-2)14-24(20)41-3/h4-14,17,29H,15-16H2,1-3H3,(H,34,35,36). The Morgan fingerprint density at radius 1 is 0.884 bits per heavy atom. The van der Waals surface area contributed by atoms with Crippen LogP contribution >= 0.6 is 0 Å². The van der Waals surface area contributed by atoms with E-state index in [0.717, 1.165) is 16.9 Å². The summed E-state index contributed by atoms with van der Waals surface area (Å²) in [5.74, 6) is 2.59. The van der Waals surface area contributed by atoms with Crippen LogP contribution in [-0.2, 0) is 13.2 Å². The molecular formula is C31H27F2N5O5. The minimum Gasteiger partial charge on any atom is -0.497 e. The number of anilines is 1. The predicted molar refractivity (Wildman–Crippen MR) is 156 cm³/mol. The van der Waals surface area contributed by atoms with Gasteiger partial charge in [0.15, 0.2) is 17.0 Å². The summed E-state index contributed by atoms with van der Waals surface area (Å²) < 4.78 is 57.9. The summed E-state index contributed by atoms with van der Waals surface area (Å²) in [5.41, 5.74) is 2.44. The predicted octanol–water partition coefficient (Wildman–Crippen LogP) is 6.72. The van der Waals surface area contributed by atoms with Crippen molar-refractivity contribution >= 4 is 27.8 Å². The number of nitrogens with zero attached hydrogens (tertiary/aromatic N) is 4. The number of hydrogen-bond acceptors (Lipinski definition) is 9. The molecule has 220 valence electrons. The summed E-state index contributed by atoms with van der Waals surface area (Å²) in [5, 5.41) is 8.26. The van der Waals surface area contributed by atoms with E-state index >= 15 is 0 Å². The van der Waals surface area contributed by atoms with Gasteiger partial charge in [0.05, 0.1) is 38.7 Å². The zero-order chi connectivity index (χ0) is 29.9. The Hall–Kier alpha value is -5.39. The minimum absolute atomic E-state index is 0.109. The third-order valence-electron chi connectivity index (χ3n) is 6.94. The fraction of sp³-hybridized carbons (Fsp3) is 0.194. The zero-order valence-corrected chi connectivity index (χ0v) is 23.5. The molecule has 12 heteroatoms. The minimum atomic E-state index is -2.88. The van der Waals surface area contributed by atoms with Gasteiger partial charge in [-0.1, -0.05) is 12.1 Å². The molecule has 43 heavy (non-hydrogen) atoms. The number of rotatable bonds is 11. The molecule has 0 aliphatic rings. The molecule has 0 aliphatic carbocycles. The van der Waals surface area contributed by atoms with Crippen LogP contribution in [0.3, 0.4) is 0 Å². The second-order valence-corrected chi connectivity index (χ2v) is 9.47. The number of aromatic nitrogens is 4. The van der Waals surface area contributed by atoms with Gasteiger partial charge in [-0.3, -0.25) is 0 Å². The van der Waals surface area contributed by atoms with Crippen molar-refractivity contribution in [2.75, 3.05) is 26.6 Å². The molecule has 0 unspecified atom stereocenters. The number of benzene rings is 3. The lowest BCUT2D eigenvalue weighted by molar-refractivity contribution is 0.147. The smallest absolute Gasteiger partial charge is 0.282 e. The first-order valence-electron chi connectivity index (χ1n) is 13.2. The first-order chi connectivity index (χ1) is 21.0. The van der Waals surface area contributed by atoms with Crippen molar-refractivity contribution in [1.29, 1.82) is 0 Å². The summed E-state index contributed by atoms with van der Waals surface area (Å²) in [6, 6.07) is 18.1. The molecule has 3 heterocycles. The number of hydrogen-bond donors (Lipinski definition) is 1. The van der Waals surface area contributed by atoms with Gasteiger partial charge in [-0.2, -0.15) is 5.10 Å². The molecule has 0 amide bonds. The van der Waals surface area contributed by atoms with Gasteiger partial charge in [0.25, 0.3) is 6.43 Å². The molecule has 3 aromatic carbocycles. The molecule has 6 rings (SSSR count). The summed E-state index contributed by atoms with van der Waals surface area (Å²) in [4.78, 5) is 8.61. The maximum Gasteiger partial charge on any atom is 0.282 e. The van der Waals surface area contributed by atoms with Crippen molar-refractivity contribution in [3.8, 4) is 28.7 Å². The molecule has 1 N–H and O–H groups in total. The van der Waals surface area contributed by atoms with Gasteiger partial charge in [-0.25, -0.2) is 23.4 Å². The summed E-state index contributed by atoms with van der Waals surface area (Å²) >= 11 is 0. The molecule has 0 atom stereocenters. The van der Waals surface area contributed by atoms with Crippen molar-refractivity contribution in [3.05, 3.63) is 90.1 Å². The third-order valence-corrected chi connectivity index (χ3v) is 6.94. The molecule has 0 saturated heterocycles. The van der Waals surface area contributed by atoms with Crippen LogP contribution in [0.1, 0.15) is 23.2 Å². The SMILES string of the molecule is COc1ccc(COc2cc(-n3nc(C(F)F)c4c(NCc5ccc(OC)cc5OC)ncnc43)cc3ccoc23)cc1. The number of nitrogens with one attached hydrogen (secondary N) is 1. The van der Waals surface area contributed by atoms with E-state index in [2.05, 4.69) is 20.4 Å². The number of alkyl halides is 2. The van der Waals surface area contributed by atoms with Gasteiger partial charge in [-0.15, -0.1) is 0 Å². The Bertz CT molecular complexity index is 1890. The van der Waals surface area contributed by atoms with Crippen molar-refractivity contribution in [3.63, 3.8) is 0 Å². The molecular weight excluding hydrogens is 560 g/mol. The second kappa shape index (κ2) is 11.8. The van der Waals surface area contributed by atoms with Gasteiger partial charge >= 0.3 is 0 Å². The number of fused-ring (bicyclic) bond motifs is 2. The Morgan fingerprint density at radius 3 is 2.42 bits per heavy atom. The van der Waals surface area contributed by atoms with Crippen molar-refractivity contribution in [2.45, 2.75) is 19.6 Å². The number of halogens is 2. The first-order valence-corrected chi connectivity index (χ1v) is 13.2. The second-order valence-electron chi connectivity index (χ2n) is 9.47. The average molecular weight is 588 g/mol. The van der Waals surface area contributed by atoms with Crippen LogP contribution in [-0.4, -0.2) is 41.1 Å². The summed E-state index contributed by atoms with van der Waals surface area (Å²) in [7, 11) is 4.71. The monoisotopic (exact) mass is 587 g/mol. The van der Waals surface area contributed by atoms with E-state index < -0.39 is 12.1 Å². The van der Waals surface area contributed by atoms with Crippen molar-refractivity contribution < 1.29 is 32.1 Å². The third kappa shape index (κ3) is 5.46. The highest BCUT2D eigenvalue weighted by atomic mass is 19.3. The summed E-state index contributed by atoms with van der Waals surface area (Å²) in [6.45, 7) is 0.494. The van der Waals surface area contributed by atoms with Crippen LogP contribution in [0.2, 0.25) is 0 Å². The van der Waals surface area contributed by atoms with Crippen LogP contribution in [0.15, 0.2) is 77.7 Å². The van der Waals surface area contributed by atoms with Crippen molar-refractivity contribution in [1.82, 2.24) is 19.7 Å². The van der Waals surface area contributed by atoms with Crippen LogP contribution in [0.4, 0.5) is 14.6 Å². The van der Waals surface area contributed by atoms with E-state index in [1.807, 2.05) is 30.3 Å². The maximum atomic E-state index is 14.4. The Kier molecular flexibility index (Phi) is 7.65. The van der Waals surface area contributed by atoms with E-state index in [-0.39, 0.29) is 30.0 Å². The highest BCUT2D eigenvalue weighted by Gasteiger charge is 2.25. The Morgan fingerprint density at radius 2 is 1.67 bits per heavy atom. The number of ether oxygens (including phenoxy) is 4. The number of furan rings is 1. The molecule has 0 bridgehead atoms. The van der Waals surface area contributed by atoms with E-state index in [9.17, 15) is 8.78 Å². The van der Waals surface area contributed by atoms with Gasteiger partial charge < -0.3 is 28.7 Å². The topological polar surface area (TPSA) is 106 Å². The van der Waals surface area contributed by atoms with Crippen molar-refractivity contribution in [2.24, 2.45) is 0 Å². The van der Waals surface area contributed by atoms with Crippen LogP contribution < -0.4 is 24.3 Å². The highest BCUT2D eigenvalue weighted by Crippen LogP contribution is 2.36. The molecule has 0 aliphatic heterocycles. The Labute approximate surface area is 244 Å². The lowest BCUT2D eigenvalue weighted by Gasteiger charge is -2.12. The normalized spacial score (nSPS) is 11.3. The van der Waals surface area contributed by atoms with E-state index in [0.29, 0.717) is 33.9 Å². The van der Waals surface area contributed by atoms with Gasteiger partial charge in [0.2, 0.25) is 0 Å². The lowest BCUT2D eigenvalue weighted by atomic mass is 10.2. The van der Waals surface area contributed by atoms with E-state index in [4.69, 9.17) is 23.4 Å².